The van der Waals surface area contributed by atoms with E-state index >= 15 is 0 Å². The van der Waals surface area contributed by atoms with Crippen molar-refractivity contribution >= 4 is 11.8 Å². The van der Waals surface area contributed by atoms with Gasteiger partial charge in [-0.3, -0.25) is 4.79 Å². The molecule has 2 N–H and O–H groups in total. The second-order valence-corrected chi connectivity index (χ2v) is 6.59. The molecule has 0 bridgehead atoms. The van der Waals surface area contributed by atoms with Crippen molar-refractivity contribution in [2.75, 3.05) is 0 Å². The summed E-state index contributed by atoms with van der Waals surface area (Å²) < 4.78 is 0. The zero-order valence-corrected chi connectivity index (χ0v) is 13.3. The minimum absolute atomic E-state index is 0.0703. The van der Waals surface area contributed by atoms with Gasteiger partial charge in [-0.05, 0) is 31.1 Å². The van der Waals surface area contributed by atoms with Crippen LogP contribution in [0.25, 0.3) is 0 Å². The van der Waals surface area contributed by atoms with Crippen LogP contribution >= 0.6 is 0 Å². The molecule has 118 valence electrons. The number of Topliss-reactive ketones (excluding diaryl/α,β-unsaturated/α-hetero) is 1. The van der Waals surface area contributed by atoms with Gasteiger partial charge in [0.2, 0.25) is 0 Å². The number of carboxylic acid groups (broad SMARTS) is 1. The first-order valence-electron chi connectivity index (χ1n) is 8.21. The molecule has 0 aliphatic heterocycles. The zero-order chi connectivity index (χ0) is 15.6. The zero-order valence-electron chi connectivity index (χ0n) is 13.3. The van der Waals surface area contributed by atoms with Crippen LogP contribution in [0, 0.1) is 23.7 Å². The molecule has 2 aliphatic rings. The number of allylic oxidation sites excluding steroid dienone is 2. The number of ketones is 1. The second kappa shape index (κ2) is 6.63. The van der Waals surface area contributed by atoms with Gasteiger partial charge < -0.3 is 10.4 Å². The van der Waals surface area contributed by atoms with Gasteiger partial charge in [0.25, 0.3) is 0 Å². The van der Waals surface area contributed by atoms with E-state index in [1.807, 2.05) is 13.8 Å². The number of aliphatic carboxylic acids is 1. The summed E-state index contributed by atoms with van der Waals surface area (Å²) in [6.07, 6.45) is 6.46. The van der Waals surface area contributed by atoms with E-state index in [9.17, 15) is 14.7 Å². The highest BCUT2D eigenvalue weighted by molar-refractivity contribution is 5.84. The summed E-state index contributed by atoms with van der Waals surface area (Å²) in [5, 5.41) is 12.7. The molecule has 0 heterocycles. The summed E-state index contributed by atoms with van der Waals surface area (Å²) in [5.74, 6) is 0.342. The van der Waals surface area contributed by atoms with E-state index in [1.165, 1.54) is 0 Å². The van der Waals surface area contributed by atoms with Gasteiger partial charge in [-0.25, -0.2) is 4.79 Å². The Morgan fingerprint density at radius 2 is 2.14 bits per heavy atom. The van der Waals surface area contributed by atoms with Gasteiger partial charge in [-0.2, -0.15) is 0 Å². The summed E-state index contributed by atoms with van der Waals surface area (Å²) in [7, 11) is 0. The summed E-state index contributed by atoms with van der Waals surface area (Å²) in [6, 6.07) is -0.562. The Labute approximate surface area is 127 Å². The summed E-state index contributed by atoms with van der Waals surface area (Å²) in [4.78, 5) is 23.6. The maximum Gasteiger partial charge on any atom is 0.326 e. The van der Waals surface area contributed by atoms with Crippen LogP contribution in [0.3, 0.4) is 0 Å². The highest BCUT2D eigenvalue weighted by Crippen LogP contribution is 2.42. The minimum atomic E-state index is -0.801. The standard InChI is InChI=1S/C17H27NO3/c1-4-10(3)16(17(20)21)18-14-9-11(5-2)8-13-12(14)6-7-15(13)19/h9-13,16,18H,4-8H2,1-3H3,(H,20,21)/t10-,11+,12-,13-,16-/m0/s1. The Morgan fingerprint density at radius 3 is 2.71 bits per heavy atom. The average Bonchev–Trinajstić information content (AvgIpc) is 2.85. The number of hydrogen-bond donors (Lipinski definition) is 2. The van der Waals surface area contributed by atoms with E-state index in [0.29, 0.717) is 18.1 Å². The highest BCUT2D eigenvalue weighted by Gasteiger charge is 2.41. The van der Waals surface area contributed by atoms with Crippen LogP contribution in [0.4, 0.5) is 0 Å². The lowest BCUT2D eigenvalue weighted by Gasteiger charge is -2.34. The maximum atomic E-state index is 12.1. The highest BCUT2D eigenvalue weighted by atomic mass is 16.4. The molecule has 0 aromatic rings. The van der Waals surface area contributed by atoms with Crippen molar-refractivity contribution in [2.45, 2.75) is 58.9 Å². The number of nitrogens with one attached hydrogen (secondary N) is 1. The molecule has 4 nitrogen and oxygen atoms in total. The van der Waals surface area contributed by atoms with Crippen molar-refractivity contribution in [1.82, 2.24) is 5.32 Å². The molecule has 1 fully saturated rings. The van der Waals surface area contributed by atoms with Crippen LogP contribution in [0.5, 0.6) is 0 Å². The molecule has 2 aliphatic carbocycles. The van der Waals surface area contributed by atoms with Crippen molar-refractivity contribution in [2.24, 2.45) is 23.7 Å². The molecule has 1 saturated carbocycles. The lowest BCUT2D eigenvalue weighted by Crippen LogP contribution is -2.44. The molecule has 5 atom stereocenters. The van der Waals surface area contributed by atoms with E-state index in [4.69, 9.17) is 0 Å². The number of carbonyl (C=O) groups excluding carboxylic acids is 1. The maximum absolute atomic E-state index is 12.1. The van der Waals surface area contributed by atoms with Gasteiger partial charge in [-0.15, -0.1) is 0 Å². The Bertz CT molecular complexity index is 443. The van der Waals surface area contributed by atoms with Crippen LogP contribution in [0.15, 0.2) is 11.8 Å². The van der Waals surface area contributed by atoms with E-state index in [0.717, 1.165) is 31.4 Å². The normalized spacial score (nSPS) is 31.3. The Hall–Kier alpha value is -1.32. The minimum Gasteiger partial charge on any atom is -0.480 e. The van der Waals surface area contributed by atoms with Crippen molar-refractivity contribution < 1.29 is 14.7 Å². The molecule has 2 rings (SSSR count). The molecule has 0 unspecified atom stereocenters. The number of hydrogen-bond acceptors (Lipinski definition) is 3. The first kappa shape index (κ1) is 16.1. The molecule has 0 radical (unpaired) electrons. The largest absolute Gasteiger partial charge is 0.480 e. The number of fused-ring (bicyclic) bond motifs is 1. The Morgan fingerprint density at radius 1 is 1.43 bits per heavy atom. The molecular weight excluding hydrogens is 266 g/mol. The Balaban J connectivity index is 2.20. The average molecular weight is 293 g/mol. The van der Waals surface area contributed by atoms with Crippen molar-refractivity contribution in [3.05, 3.63) is 11.8 Å². The number of rotatable bonds is 6. The third-order valence-electron chi connectivity index (χ3n) is 5.30. The lowest BCUT2D eigenvalue weighted by atomic mass is 9.77. The monoisotopic (exact) mass is 293 g/mol. The van der Waals surface area contributed by atoms with E-state index in [-0.39, 0.29) is 17.8 Å². The third-order valence-corrected chi connectivity index (χ3v) is 5.30. The predicted octanol–water partition coefficient (Wildman–Crippen LogP) is 2.98. The first-order valence-corrected chi connectivity index (χ1v) is 8.21. The lowest BCUT2D eigenvalue weighted by molar-refractivity contribution is -0.140. The Kier molecular flexibility index (Phi) is 5.07. The van der Waals surface area contributed by atoms with Crippen LogP contribution in [0.2, 0.25) is 0 Å². The molecule has 0 aromatic heterocycles. The first-order chi connectivity index (χ1) is 9.97. The van der Waals surface area contributed by atoms with Gasteiger partial charge in [0.15, 0.2) is 0 Å². The van der Waals surface area contributed by atoms with Crippen LogP contribution in [-0.4, -0.2) is 22.9 Å². The fourth-order valence-electron chi connectivity index (χ4n) is 3.65. The van der Waals surface area contributed by atoms with Crippen molar-refractivity contribution in [3.8, 4) is 0 Å². The van der Waals surface area contributed by atoms with Gasteiger partial charge in [0.1, 0.15) is 11.8 Å². The molecule has 0 aromatic carbocycles. The SMILES string of the molecule is CC[C@H]1C=C(N[C@H](C(=O)O)[C@@H](C)CC)[C@H]2CCC(=O)[C@H]2C1. The van der Waals surface area contributed by atoms with Crippen LogP contribution in [-0.2, 0) is 9.59 Å². The fraction of sp³-hybridized carbons (Fsp3) is 0.765. The van der Waals surface area contributed by atoms with E-state index < -0.39 is 12.0 Å². The number of carboxylic acids is 1. The molecule has 0 amide bonds. The molecule has 0 saturated heterocycles. The quantitative estimate of drug-likeness (QED) is 0.790. The molecule has 4 heteroatoms. The van der Waals surface area contributed by atoms with Crippen molar-refractivity contribution in [1.29, 1.82) is 0 Å². The number of carbonyl (C=O) groups is 2. The summed E-state index contributed by atoms with van der Waals surface area (Å²) in [5.41, 5.74) is 1.01. The summed E-state index contributed by atoms with van der Waals surface area (Å²) in [6.45, 7) is 6.10. The molecule has 21 heavy (non-hydrogen) atoms. The smallest absolute Gasteiger partial charge is 0.326 e. The molecular formula is C17H27NO3. The van der Waals surface area contributed by atoms with E-state index in [2.05, 4.69) is 18.3 Å². The summed E-state index contributed by atoms with van der Waals surface area (Å²) >= 11 is 0. The topological polar surface area (TPSA) is 66.4 Å². The second-order valence-electron chi connectivity index (χ2n) is 6.59. The van der Waals surface area contributed by atoms with Crippen molar-refractivity contribution in [3.63, 3.8) is 0 Å². The molecule has 0 spiro atoms. The van der Waals surface area contributed by atoms with Crippen LogP contribution < -0.4 is 5.32 Å². The fourth-order valence-corrected chi connectivity index (χ4v) is 3.65. The van der Waals surface area contributed by atoms with Gasteiger partial charge >= 0.3 is 5.97 Å². The van der Waals surface area contributed by atoms with E-state index in [1.54, 1.807) is 0 Å². The third kappa shape index (κ3) is 3.30. The van der Waals surface area contributed by atoms with Crippen LogP contribution in [0.1, 0.15) is 52.9 Å². The van der Waals surface area contributed by atoms with Gasteiger partial charge in [0.05, 0.1) is 0 Å². The van der Waals surface area contributed by atoms with Gasteiger partial charge in [0, 0.05) is 24.0 Å². The predicted molar refractivity (Wildman–Crippen MR) is 81.7 cm³/mol. The van der Waals surface area contributed by atoms with Gasteiger partial charge in [-0.1, -0.05) is 33.3 Å².